The topological polar surface area (TPSA) is 60.0 Å². The molecule has 182 valence electrons. The third-order valence-corrected chi connectivity index (χ3v) is 6.00. The second-order valence-electron chi connectivity index (χ2n) is 8.47. The van der Waals surface area contributed by atoms with Gasteiger partial charge in [-0.15, -0.1) is 0 Å². The van der Waals surface area contributed by atoms with Gasteiger partial charge in [0.1, 0.15) is 29.6 Å². The average molecular weight is 481 g/mol. The normalized spacial score (nSPS) is 16.4. The molecule has 1 fully saturated rings. The summed E-state index contributed by atoms with van der Waals surface area (Å²) in [6, 6.07) is 5.79. The van der Waals surface area contributed by atoms with Crippen molar-refractivity contribution in [3.05, 3.63) is 59.3 Å². The van der Waals surface area contributed by atoms with Crippen LogP contribution in [0.25, 0.3) is 11.3 Å². The van der Waals surface area contributed by atoms with Gasteiger partial charge in [0, 0.05) is 42.1 Å². The number of imidazole rings is 1. The lowest BCUT2D eigenvalue weighted by atomic mass is 9.86. The first kappa shape index (κ1) is 24.0. The van der Waals surface area contributed by atoms with Crippen molar-refractivity contribution in [1.29, 1.82) is 0 Å². The molecule has 1 N–H and O–H groups in total. The second-order valence-corrected chi connectivity index (χ2v) is 8.47. The standard InChI is InChI=1S/C24H24F5N3O2/c1-14-9-17(18-12-31-22(32-18)16-5-7-23(25,26)8-6-16)20(33-2)10-19(14)34-13-15-3-4-21(30-11-15)24(27,28)29/h3-4,9-12,16H,5-8,13H2,1-2H3,(H,31,32). The molecule has 4 rings (SSSR count). The maximum atomic E-state index is 13.5. The van der Waals surface area contributed by atoms with E-state index in [4.69, 9.17) is 9.47 Å². The highest BCUT2D eigenvalue weighted by Crippen LogP contribution is 2.41. The Bertz CT molecular complexity index is 1130. The first-order chi connectivity index (χ1) is 16.1. The summed E-state index contributed by atoms with van der Waals surface area (Å²) in [5.41, 5.74) is 1.75. The van der Waals surface area contributed by atoms with Crippen molar-refractivity contribution in [3.8, 4) is 22.8 Å². The highest BCUT2D eigenvalue weighted by molar-refractivity contribution is 5.70. The number of H-pyrrole nitrogens is 1. The molecule has 0 radical (unpaired) electrons. The molecule has 10 heteroatoms. The Kier molecular flexibility index (Phi) is 6.51. The van der Waals surface area contributed by atoms with Crippen LogP contribution in [0, 0.1) is 6.92 Å². The number of methoxy groups -OCH3 is 1. The number of aromatic nitrogens is 3. The number of aryl methyl sites for hydroxylation is 1. The summed E-state index contributed by atoms with van der Waals surface area (Å²) in [6.07, 6.45) is -1.23. The van der Waals surface area contributed by atoms with Crippen LogP contribution in [-0.2, 0) is 12.8 Å². The lowest BCUT2D eigenvalue weighted by Gasteiger charge is -2.26. The molecule has 34 heavy (non-hydrogen) atoms. The molecule has 0 aliphatic heterocycles. The zero-order chi connectivity index (χ0) is 24.5. The summed E-state index contributed by atoms with van der Waals surface area (Å²) >= 11 is 0. The Balaban J connectivity index is 1.49. The minimum Gasteiger partial charge on any atom is -0.496 e. The lowest BCUT2D eigenvalue weighted by molar-refractivity contribution is -0.141. The van der Waals surface area contributed by atoms with Gasteiger partial charge in [-0.1, -0.05) is 6.07 Å². The largest absolute Gasteiger partial charge is 0.496 e. The number of rotatable bonds is 6. The molecule has 0 spiro atoms. The summed E-state index contributed by atoms with van der Waals surface area (Å²) in [5, 5.41) is 0. The van der Waals surface area contributed by atoms with E-state index < -0.39 is 17.8 Å². The molecule has 1 saturated carbocycles. The van der Waals surface area contributed by atoms with Gasteiger partial charge in [0.2, 0.25) is 5.92 Å². The molecule has 0 amide bonds. The summed E-state index contributed by atoms with van der Waals surface area (Å²) in [4.78, 5) is 11.1. The van der Waals surface area contributed by atoms with Gasteiger partial charge in [-0.2, -0.15) is 13.2 Å². The van der Waals surface area contributed by atoms with Gasteiger partial charge in [-0.25, -0.2) is 13.8 Å². The predicted molar refractivity (Wildman–Crippen MR) is 115 cm³/mol. The zero-order valence-corrected chi connectivity index (χ0v) is 18.7. The van der Waals surface area contributed by atoms with Crippen molar-refractivity contribution in [2.24, 2.45) is 0 Å². The first-order valence-electron chi connectivity index (χ1n) is 10.8. The van der Waals surface area contributed by atoms with Crippen molar-refractivity contribution in [2.45, 2.75) is 57.2 Å². The molecular formula is C24H24F5N3O2. The van der Waals surface area contributed by atoms with Crippen LogP contribution in [0.2, 0.25) is 0 Å². The number of nitrogens with one attached hydrogen (secondary N) is 1. The fourth-order valence-corrected chi connectivity index (χ4v) is 4.04. The summed E-state index contributed by atoms with van der Waals surface area (Å²) < 4.78 is 76.3. The SMILES string of the molecule is COc1cc(OCc2ccc(C(F)(F)F)nc2)c(C)cc1-c1cnc(C2CCC(F)(F)CC2)[nH]1. The molecule has 0 atom stereocenters. The zero-order valence-electron chi connectivity index (χ0n) is 18.7. The van der Waals surface area contributed by atoms with Crippen LogP contribution in [0.3, 0.4) is 0 Å². The molecule has 0 saturated heterocycles. The van der Waals surface area contributed by atoms with Gasteiger partial charge in [0.05, 0.1) is 19.0 Å². The summed E-state index contributed by atoms with van der Waals surface area (Å²) in [7, 11) is 1.51. The molecule has 2 aromatic heterocycles. The van der Waals surface area contributed by atoms with Crippen LogP contribution in [0.15, 0.2) is 36.7 Å². The number of nitrogens with zero attached hydrogens (tertiary/aromatic N) is 2. The van der Waals surface area contributed by atoms with Crippen molar-refractivity contribution in [2.75, 3.05) is 7.11 Å². The van der Waals surface area contributed by atoms with E-state index in [1.54, 1.807) is 12.3 Å². The highest BCUT2D eigenvalue weighted by Gasteiger charge is 2.36. The van der Waals surface area contributed by atoms with E-state index in [2.05, 4.69) is 15.0 Å². The van der Waals surface area contributed by atoms with E-state index in [1.165, 1.54) is 13.2 Å². The molecule has 1 aliphatic rings. The van der Waals surface area contributed by atoms with Crippen LogP contribution in [0.5, 0.6) is 11.5 Å². The smallest absolute Gasteiger partial charge is 0.433 e. The Hall–Kier alpha value is -3.17. The number of halogens is 5. The Morgan fingerprint density at radius 1 is 1.06 bits per heavy atom. The quantitative estimate of drug-likeness (QED) is 0.399. The van der Waals surface area contributed by atoms with E-state index in [9.17, 15) is 22.0 Å². The third-order valence-electron chi connectivity index (χ3n) is 6.00. The van der Waals surface area contributed by atoms with Gasteiger partial charge in [-0.3, -0.25) is 4.98 Å². The molecule has 1 aromatic carbocycles. The molecule has 0 unspecified atom stereocenters. The van der Waals surface area contributed by atoms with Crippen LogP contribution in [-0.4, -0.2) is 28.0 Å². The fraction of sp³-hybridized carbons (Fsp3) is 0.417. The van der Waals surface area contributed by atoms with E-state index in [-0.39, 0.29) is 25.4 Å². The van der Waals surface area contributed by atoms with Crippen LogP contribution in [0.4, 0.5) is 22.0 Å². The van der Waals surface area contributed by atoms with Crippen molar-refractivity contribution in [3.63, 3.8) is 0 Å². The number of aromatic amines is 1. The van der Waals surface area contributed by atoms with Gasteiger partial charge in [0.15, 0.2) is 0 Å². The Labute approximate surface area is 193 Å². The first-order valence-corrected chi connectivity index (χ1v) is 10.8. The van der Waals surface area contributed by atoms with Gasteiger partial charge in [0.25, 0.3) is 0 Å². The molecular weight excluding hydrogens is 457 g/mol. The second kappa shape index (κ2) is 9.23. The Morgan fingerprint density at radius 3 is 2.41 bits per heavy atom. The predicted octanol–water partition coefficient (Wildman–Crippen LogP) is 6.68. The van der Waals surface area contributed by atoms with E-state index in [0.717, 1.165) is 23.4 Å². The summed E-state index contributed by atoms with van der Waals surface area (Å²) in [5.74, 6) is -0.939. The van der Waals surface area contributed by atoms with Crippen molar-refractivity contribution < 1.29 is 31.4 Å². The molecule has 2 heterocycles. The number of ether oxygens (including phenoxy) is 2. The monoisotopic (exact) mass is 481 g/mol. The van der Waals surface area contributed by atoms with Crippen LogP contribution < -0.4 is 9.47 Å². The van der Waals surface area contributed by atoms with Crippen LogP contribution >= 0.6 is 0 Å². The molecule has 5 nitrogen and oxygen atoms in total. The number of hydrogen-bond donors (Lipinski definition) is 1. The van der Waals surface area contributed by atoms with Gasteiger partial charge >= 0.3 is 6.18 Å². The van der Waals surface area contributed by atoms with Crippen LogP contribution in [0.1, 0.15) is 54.2 Å². The third kappa shape index (κ3) is 5.31. The Morgan fingerprint density at radius 2 is 1.79 bits per heavy atom. The van der Waals surface area contributed by atoms with E-state index in [1.807, 2.05) is 13.0 Å². The lowest BCUT2D eigenvalue weighted by Crippen LogP contribution is -2.24. The maximum absolute atomic E-state index is 13.5. The molecule has 0 bridgehead atoms. The summed E-state index contributed by atoms with van der Waals surface area (Å²) in [6.45, 7) is 1.87. The van der Waals surface area contributed by atoms with Gasteiger partial charge < -0.3 is 14.5 Å². The van der Waals surface area contributed by atoms with Crippen molar-refractivity contribution >= 4 is 0 Å². The minimum atomic E-state index is -4.49. The van der Waals surface area contributed by atoms with Gasteiger partial charge in [-0.05, 0) is 37.5 Å². The maximum Gasteiger partial charge on any atom is 0.433 e. The number of pyridine rings is 1. The minimum absolute atomic E-state index is 0.0367. The molecule has 3 aromatic rings. The van der Waals surface area contributed by atoms with E-state index in [0.29, 0.717) is 41.4 Å². The number of benzene rings is 1. The fourth-order valence-electron chi connectivity index (χ4n) is 4.04. The number of alkyl halides is 5. The molecule has 1 aliphatic carbocycles. The van der Waals surface area contributed by atoms with Crippen molar-refractivity contribution in [1.82, 2.24) is 15.0 Å². The average Bonchev–Trinajstić information content (AvgIpc) is 3.27. The number of hydrogen-bond acceptors (Lipinski definition) is 4. The van der Waals surface area contributed by atoms with E-state index >= 15 is 0 Å². The highest BCUT2D eigenvalue weighted by atomic mass is 19.4.